The summed E-state index contributed by atoms with van der Waals surface area (Å²) in [5, 5.41) is 0.994. The molecule has 0 fully saturated rings. The lowest BCUT2D eigenvalue weighted by Gasteiger charge is -2.24. The van der Waals surface area contributed by atoms with Gasteiger partial charge in [0.25, 0.3) is 5.56 Å². The van der Waals surface area contributed by atoms with Crippen molar-refractivity contribution < 1.29 is 13.9 Å². The number of allylic oxidation sites excluding steroid dienone is 1. The Bertz CT molecular complexity index is 1750. The number of furan rings is 1. The van der Waals surface area contributed by atoms with Gasteiger partial charge in [-0.2, -0.15) is 0 Å². The number of thiazole rings is 1. The third-order valence-electron chi connectivity index (χ3n) is 6.05. The van der Waals surface area contributed by atoms with Crippen LogP contribution < -0.4 is 14.9 Å². The zero-order valence-corrected chi connectivity index (χ0v) is 23.8. The molecule has 0 saturated carbocycles. The van der Waals surface area contributed by atoms with Gasteiger partial charge in [0.15, 0.2) is 4.80 Å². The molecule has 0 bridgehead atoms. The summed E-state index contributed by atoms with van der Waals surface area (Å²) >= 11 is 15.2. The molecule has 10 heteroatoms. The molecule has 2 aromatic carbocycles. The number of nitrogens with zero attached hydrogens (tertiary/aromatic N) is 2. The maximum Gasteiger partial charge on any atom is 0.338 e. The Morgan fingerprint density at radius 2 is 1.95 bits per heavy atom. The van der Waals surface area contributed by atoms with Crippen LogP contribution in [0.3, 0.4) is 0 Å². The van der Waals surface area contributed by atoms with Crippen LogP contribution in [0.15, 0.2) is 85.0 Å². The minimum absolute atomic E-state index is 0.219. The van der Waals surface area contributed by atoms with Crippen LogP contribution >= 0.6 is 46.3 Å². The Hall–Kier alpha value is -3.04. The van der Waals surface area contributed by atoms with Crippen LogP contribution in [0.1, 0.15) is 31.2 Å². The van der Waals surface area contributed by atoms with Crippen LogP contribution in [0.2, 0.25) is 10.0 Å². The number of thioether (sulfide) groups is 1. The number of hydrogen-bond donors (Lipinski definition) is 0. The molecule has 0 saturated heterocycles. The van der Waals surface area contributed by atoms with Crippen molar-refractivity contribution >= 4 is 58.3 Å². The smallest absolute Gasteiger partial charge is 0.338 e. The molecule has 0 amide bonds. The topological polar surface area (TPSA) is 73.8 Å². The molecule has 0 unspecified atom stereocenters. The molecule has 4 aromatic rings. The highest BCUT2D eigenvalue weighted by molar-refractivity contribution is 7.98. The fraction of sp³-hybridized carbons (Fsp3) is 0.179. The molecule has 0 radical (unpaired) electrons. The summed E-state index contributed by atoms with van der Waals surface area (Å²) < 4.78 is 13.3. The van der Waals surface area contributed by atoms with Gasteiger partial charge in [-0.25, -0.2) is 9.79 Å². The summed E-state index contributed by atoms with van der Waals surface area (Å²) in [5.41, 5.74) is 2.09. The molecule has 3 heterocycles. The van der Waals surface area contributed by atoms with Gasteiger partial charge in [-0.05, 0) is 68.1 Å². The van der Waals surface area contributed by atoms with Crippen LogP contribution in [0.5, 0.6) is 0 Å². The van der Waals surface area contributed by atoms with Crippen LogP contribution in [-0.4, -0.2) is 23.4 Å². The zero-order chi connectivity index (χ0) is 27.0. The van der Waals surface area contributed by atoms with E-state index in [2.05, 4.69) is 4.99 Å². The fourth-order valence-corrected chi connectivity index (χ4v) is 6.22. The first-order valence-corrected chi connectivity index (χ1v) is 14.5. The molecule has 194 valence electrons. The summed E-state index contributed by atoms with van der Waals surface area (Å²) in [7, 11) is 0. The Kier molecular flexibility index (Phi) is 7.68. The minimum Gasteiger partial charge on any atom is -0.463 e. The second-order valence-electron chi connectivity index (χ2n) is 8.40. The zero-order valence-electron chi connectivity index (χ0n) is 20.7. The highest BCUT2D eigenvalue weighted by Crippen LogP contribution is 2.33. The van der Waals surface area contributed by atoms with Crippen LogP contribution in [0.25, 0.3) is 17.4 Å². The standard InChI is InChI=1S/C28H22Cl2N2O4S2/c1-4-35-27(34)24-15(2)31-28-32(25(24)16-5-9-19(37-3)10-6-16)26(33)23(38-28)14-18-8-12-22(36-18)20-11-7-17(29)13-21(20)30/h5-14,25H,4H2,1-3H3/b23-14-/t25-/m0/s1. The van der Waals surface area contributed by atoms with Crippen molar-refractivity contribution in [3.05, 3.63) is 107 Å². The lowest BCUT2D eigenvalue weighted by atomic mass is 9.96. The third-order valence-corrected chi connectivity index (χ3v) is 8.32. The number of fused-ring (bicyclic) bond motifs is 1. The Balaban J connectivity index is 1.63. The highest BCUT2D eigenvalue weighted by atomic mass is 35.5. The molecule has 0 aliphatic carbocycles. The number of aromatic nitrogens is 1. The third kappa shape index (κ3) is 5.01. The van der Waals surface area contributed by atoms with Crippen molar-refractivity contribution in [3.63, 3.8) is 0 Å². The summed E-state index contributed by atoms with van der Waals surface area (Å²) in [6.07, 6.45) is 3.67. The normalized spacial score (nSPS) is 15.4. The molecule has 0 spiro atoms. The van der Waals surface area contributed by atoms with Crippen molar-refractivity contribution in [1.29, 1.82) is 0 Å². The summed E-state index contributed by atoms with van der Waals surface area (Å²) in [6.45, 7) is 3.73. The quantitative estimate of drug-likeness (QED) is 0.202. The van der Waals surface area contributed by atoms with Crippen molar-refractivity contribution in [1.82, 2.24) is 4.57 Å². The van der Waals surface area contributed by atoms with E-state index in [9.17, 15) is 9.59 Å². The highest BCUT2D eigenvalue weighted by Gasteiger charge is 2.33. The summed E-state index contributed by atoms with van der Waals surface area (Å²) in [5.74, 6) is 0.550. The van der Waals surface area contributed by atoms with E-state index in [0.717, 1.165) is 10.5 Å². The van der Waals surface area contributed by atoms with E-state index in [1.54, 1.807) is 66.6 Å². The van der Waals surface area contributed by atoms with E-state index in [-0.39, 0.29) is 12.2 Å². The van der Waals surface area contributed by atoms with E-state index in [1.807, 2.05) is 30.5 Å². The lowest BCUT2D eigenvalue weighted by Crippen LogP contribution is -2.39. The second-order valence-corrected chi connectivity index (χ2v) is 11.1. The maximum atomic E-state index is 13.8. The van der Waals surface area contributed by atoms with Crippen molar-refractivity contribution in [2.75, 3.05) is 12.9 Å². The first kappa shape index (κ1) is 26.6. The molecular formula is C28H22Cl2N2O4S2. The number of esters is 1. The number of carbonyl (C=O) groups is 1. The number of halogens is 2. The Morgan fingerprint density at radius 3 is 2.63 bits per heavy atom. The van der Waals surface area contributed by atoms with Gasteiger partial charge < -0.3 is 9.15 Å². The van der Waals surface area contributed by atoms with Gasteiger partial charge in [-0.1, -0.05) is 46.7 Å². The fourth-order valence-electron chi connectivity index (χ4n) is 4.29. The lowest BCUT2D eigenvalue weighted by molar-refractivity contribution is -0.139. The van der Waals surface area contributed by atoms with Crippen molar-refractivity contribution in [2.45, 2.75) is 24.8 Å². The van der Waals surface area contributed by atoms with E-state index >= 15 is 0 Å². The Morgan fingerprint density at radius 1 is 1.18 bits per heavy atom. The molecular weight excluding hydrogens is 563 g/mol. The van der Waals surface area contributed by atoms with E-state index in [4.69, 9.17) is 32.4 Å². The number of ether oxygens (including phenoxy) is 1. The van der Waals surface area contributed by atoms with Crippen LogP contribution in [0.4, 0.5) is 0 Å². The minimum atomic E-state index is -0.664. The number of benzene rings is 2. The predicted molar refractivity (Wildman–Crippen MR) is 153 cm³/mol. The Labute approximate surface area is 236 Å². The second kappa shape index (κ2) is 11.0. The van der Waals surface area contributed by atoms with Gasteiger partial charge >= 0.3 is 5.97 Å². The first-order chi connectivity index (χ1) is 18.3. The van der Waals surface area contributed by atoms with Crippen molar-refractivity contribution in [2.24, 2.45) is 4.99 Å². The van der Waals surface area contributed by atoms with Crippen LogP contribution in [-0.2, 0) is 9.53 Å². The number of carbonyl (C=O) groups excluding carboxylic acids is 1. The molecule has 1 atom stereocenters. The van der Waals surface area contributed by atoms with Crippen LogP contribution in [0, 0.1) is 0 Å². The predicted octanol–water partition coefficient (Wildman–Crippen LogP) is 6.09. The summed E-state index contributed by atoms with van der Waals surface area (Å²) in [4.78, 5) is 33.0. The average molecular weight is 586 g/mol. The molecule has 1 aliphatic rings. The number of hydrogen-bond acceptors (Lipinski definition) is 7. The maximum absolute atomic E-state index is 13.8. The molecule has 5 rings (SSSR count). The summed E-state index contributed by atoms with van der Waals surface area (Å²) in [6, 6.07) is 15.9. The SMILES string of the molecule is CCOC(=O)C1=C(C)N=c2s/c(=C\c3ccc(-c4ccc(Cl)cc4Cl)o3)c(=O)n2[C@H]1c1ccc(SC)cc1. The van der Waals surface area contributed by atoms with Gasteiger partial charge in [0.2, 0.25) is 0 Å². The van der Waals surface area contributed by atoms with E-state index < -0.39 is 12.0 Å². The first-order valence-electron chi connectivity index (χ1n) is 11.7. The van der Waals surface area contributed by atoms with Gasteiger partial charge in [-0.3, -0.25) is 9.36 Å². The van der Waals surface area contributed by atoms with E-state index in [0.29, 0.717) is 47.7 Å². The average Bonchev–Trinajstić information content (AvgIpc) is 3.47. The number of rotatable bonds is 6. The molecule has 6 nitrogen and oxygen atoms in total. The molecule has 2 aromatic heterocycles. The van der Waals surface area contributed by atoms with Gasteiger partial charge in [0.1, 0.15) is 11.5 Å². The van der Waals surface area contributed by atoms with E-state index in [1.165, 1.54) is 11.3 Å². The van der Waals surface area contributed by atoms with Gasteiger partial charge in [-0.15, -0.1) is 11.8 Å². The monoisotopic (exact) mass is 584 g/mol. The molecule has 38 heavy (non-hydrogen) atoms. The molecule has 0 N–H and O–H groups in total. The van der Waals surface area contributed by atoms with Crippen molar-refractivity contribution in [3.8, 4) is 11.3 Å². The largest absolute Gasteiger partial charge is 0.463 e. The molecule has 1 aliphatic heterocycles. The van der Waals surface area contributed by atoms with Gasteiger partial charge in [0.05, 0.1) is 33.5 Å². The van der Waals surface area contributed by atoms with Gasteiger partial charge in [0, 0.05) is 21.6 Å².